The van der Waals surface area contributed by atoms with Crippen LogP contribution in [0.4, 0.5) is 17.2 Å². The molecule has 0 spiro atoms. The van der Waals surface area contributed by atoms with Crippen LogP contribution < -0.4 is 21.7 Å². The third kappa shape index (κ3) is 2.78. The first-order valence-corrected chi connectivity index (χ1v) is 9.85. The van der Waals surface area contributed by atoms with Crippen molar-refractivity contribution in [3.05, 3.63) is 47.4 Å². The summed E-state index contributed by atoms with van der Waals surface area (Å²) in [6.45, 7) is 0. The third-order valence-corrected chi connectivity index (χ3v) is 6.18. The van der Waals surface area contributed by atoms with Crippen molar-refractivity contribution in [2.45, 2.75) is 50.2 Å². The van der Waals surface area contributed by atoms with Crippen molar-refractivity contribution in [2.75, 3.05) is 16.0 Å². The second-order valence-corrected chi connectivity index (χ2v) is 7.93. The van der Waals surface area contributed by atoms with Crippen LogP contribution in [0.1, 0.15) is 47.3 Å². The molecule has 7 nitrogen and oxygen atoms in total. The highest BCUT2D eigenvalue weighted by atomic mass is 16.1. The highest BCUT2D eigenvalue weighted by Crippen LogP contribution is 2.40. The first-order chi connectivity index (χ1) is 13.6. The summed E-state index contributed by atoms with van der Waals surface area (Å²) in [5.74, 6) is 0.565. The molecule has 2 aliphatic heterocycles. The molecule has 2 aromatic heterocycles. The SMILES string of the molecule is NC(=O)c1cnc2c(c1NC1C[C@H]3CC[C@@H](C1)N3c1ccc(N)cn1)C=CC2. The molecule has 28 heavy (non-hydrogen) atoms. The molecule has 1 aliphatic carbocycles. The smallest absolute Gasteiger partial charge is 0.252 e. The van der Waals surface area contributed by atoms with Gasteiger partial charge in [0.15, 0.2) is 0 Å². The number of amides is 1. The Labute approximate surface area is 163 Å². The molecule has 1 unspecified atom stereocenters. The van der Waals surface area contributed by atoms with Crippen LogP contribution in [0.5, 0.6) is 0 Å². The summed E-state index contributed by atoms with van der Waals surface area (Å²) in [7, 11) is 0. The van der Waals surface area contributed by atoms with Gasteiger partial charge in [0, 0.05) is 36.3 Å². The Bertz CT molecular complexity index is 940. The van der Waals surface area contributed by atoms with Crippen LogP contribution in [0, 0.1) is 0 Å². The number of anilines is 3. The quantitative estimate of drug-likeness (QED) is 0.755. The van der Waals surface area contributed by atoms with Gasteiger partial charge in [0.2, 0.25) is 0 Å². The molecule has 2 saturated heterocycles. The second-order valence-electron chi connectivity index (χ2n) is 7.93. The van der Waals surface area contributed by atoms with Gasteiger partial charge in [-0.15, -0.1) is 0 Å². The van der Waals surface area contributed by atoms with Gasteiger partial charge in [0.1, 0.15) is 5.82 Å². The maximum atomic E-state index is 12.0. The monoisotopic (exact) mass is 376 g/mol. The second kappa shape index (κ2) is 6.51. The van der Waals surface area contributed by atoms with Gasteiger partial charge in [-0.2, -0.15) is 0 Å². The number of piperidine rings is 1. The fourth-order valence-electron chi connectivity index (χ4n) is 4.96. The van der Waals surface area contributed by atoms with Gasteiger partial charge in [0.05, 0.1) is 28.8 Å². The van der Waals surface area contributed by atoms with Gasteiger partial charge in [-0.25, -0.2) is 4.98 Å². The number of nitrogens with one attached hydrogen (secondary N) is 1. The summed E-state index contributed by atoms with van der Waals surface area (Å²) < 4.78 is 0. The number of carbonyl (C=O) groups is 1. The van der Waals surface area contributed by atoms with Crippen LogP contribution in [0.15, 0.2) is 30.6 Å². The largest absolute Gasteiger partial charge is 0.397 e. The summed E-state index contributed by atoms with van der Waals surface area (Å²) >= 11 is 0. The zero-order chi connectivity index (χ0) is 19.3. The van der Waals surface area contributed by atoms with Crippen molar-refractivity contribution in [1.82, 2.24) is 9.97 Å². The molecule has 2 bridgehead atoms. The molecule has 0 radical (unpaired) electrons. The fraction of sp³-hybridized carbons (Fsp3) is 0.381. The summed E-state index contributed by atoms with van der Waals surface area (Å²) in [5.41, 5.74) is 15.4. The van der Waals surface area contributed by atoms with E-state index < -0.39 is 5.91 Å². The van der Waals surface area contributed by atoms with Crippen LogP contribution in [-0.2, 0) is 6.42 Å². The van der Waals surface area contributed by atoms with E-state index >= 15 is 0 Å². The van der Waals surface area contributed by atoms with E-state index in [1.54, 1.807) is 12.4 Å². The van der Waals surface area contributed by atoms with Gasteiger partial charge >= 0.3 is 0 Å². The number of fused-ring (bicyclic) bond motifs is 3. The average Bonchev–Trinajstić information content (AvgIpc) is 3.25. The Morgan fingerprint density at radius 1 is 1.14 bits per heavy atom. The summed E-state index contributed by atoms with van der Waals surface area (Å²) in [4.78, 5) is 23.4. The average molecular weight is 376 g/mol. The Morgan fingerprint density at radius 3 is 2.61 bits per heavy atom. The minimum Gasteiger partial charge on any atom is -0.397 e. The van der Waals surface area contributed by atoms with E-state index in [9.17, 15) is 4.79 Å². The van der Waals surface area contributed by atoms with Gasteiger partial charge < -0.3 is 21.7 Å². The predicted molar refractivity (Wildman–Crippen MR) is 110 cm³/mol. The van der Waals surface area contributed by atoms with E-state index in [4.69, 9.17) is 11.5 Å². The third-order valence-electron chi connectivity index (χ3n) is 6.18. The van der Waals surface area contributed by atoms with E-state index in [0.717, 1.165) is 54.9 Å². The lowest BCUT2D eigenvalue weighted by Crippen LogP contribution is -2.47. The lowest BCUT2D eigenvalue weighted by molar-refractivity contribution is 0.100. The van der Waals surface area contributed by atoms with E-state index in [1.807, 2.05) is 18.2 Å². The number of nitrogen functional groups attached to an aromatic ring is 1. The zero-order valence-corrected chi connectivity index (χ0v) is 15.6. The lowest BCUT2D eigenvalue weighted by Gasteiger charge is -2.40. The first kappa shape index (κ1) is 17.0. The number of primary amides is 1. The summed E-state index contributed by atoms with van der Waals surface area (Å²) in [6, 6.07) is 5.10. The standard InChI is InChI=1S/C21H24N6O/c22-12-4-7-19(25-10-12)27-14-5-6-15(27)9-13(8-14)26-20-16-2-1-3-18(16)24-11-17(20)21(23)28/h1-2,4,7,10-11,13-15H,3,5-6,8-9,22H2,(H2,23,28)(H,24,26)/t13?,14-,15+. The zero-order valence-electron chi connectivity index (χ0n) is 15.6. The molecule has 144 valence electrons. The number of rotatable bonds is 4. The number of hydrogen-bond acceptors (Lipinski definition) is 6. The van der Waals surface area contributed by atoms with Crippen LogP contribution in [0.3, 0.4) is 0 Å². The molecule has 2 fully saturated rings. The van der Waals surface area contributed by atoms with Crippen molar-refractivity contribution in [2.24, 2.45) is 5.73 Å². The summed E-state index contributed by atoms with van der Waals surface area (Å²) in [5, 5.41) is 3.65. The van der Waals surface area contributed by atoms with E-state index in [-0.39, 0.29) is 0 Å². The maximum Gasteiger partial charge on any atom is 0.252 e. The predicted octanol–water partition coefficient (Wildman–Crippen LogP) is 2.34. The minimum atomic E-state index is -0.440. The van der Waals surface area contributed by atoms with Gasteiger partial charge in [0.25, 0.3) is 5.91 Å². The lowest BCUT2D eigenvalue weighted by atomic mass is 9.96. The molecule has 4 heterocycles. The highest BCUT2D eigenvalue weighted by molar-refractivity contribution is 6.00. The van der Waals surface area contributed by atoms with Crippen molar-refractivity contribution in [3.63, 3.8) is 0 Å². The molecule has 3 aliphatic rings. The maximum absolute atomic E-state index is 12.0. The number of carbonyl (C=O) groups excluding carboxylic acids is 1. The van der Waals surface area contributed by atoms with Crippen molar-refractivity contribution in [1.29, 1.82) is 0 Å². The molecule has 2 aromatic rings. The van der Waals surface area contributed by atoms with Crippen LogP contribution in [0.25, 0.3) is 6.08 Å². The molecular weight excluding hydrogens is 352 g/mol. The van der Waals surface area contributed by atoms with Crippen molar-refractivity contribution in [3.8, 4) is 0 Å². The Kier molecular flexibility index (Phi) is 3.96. The Morgan fingerprint density at radius 2 is 1.93 bits per heavy atom. The molecule has 0 aromatic carbocycles. The van der Waals surface area contributed by atoms with Crippen LogP contribution in [-0.4, -0.2) is 34.0 Å². The van der Waals surface area contributed by atoms with Crippen molar-refractivity contribution >= 4 is 29.2 Å². The number of nitrogens with two attached hydrogens (primary N) is 2. The molecule has 0 saturated carbocycles. The molecule has 1 amide bonds. The first-order valence-electron chi connectivity index (χ1n) is 9.85. The van der Waals surface area contributed by atoms with E-state index in [2.05, 4.69) is 26.3 Å². The number of nitrogens with zero attached hydrogens (tertiary/aromatic N) is 3. The summed E-state index contributed by atoms with van der Waals surface area (Å²) in [6.07, 6.45) is 12.6. The fourth-order valence-corrected chi connectivity index (χ4v) is 4.96. The number of allylic oxidation sites excluding steroid dienone is 1. The van der Waals surface area contributed by atoms with Gasteiger partial charge in [-0.05, 0) is 37.8 Å². The number of pyridine rings is 2. The molecule has 5 N–H and O–H groups in total. The Hall–Kier alpha value is -3.09. The normalized spacial score (nSPS) is 25.0. The molecule has 3 atom stereocenters. The molecule has 5 rings (SSSR count). The highest BCUT2D eigenvalue weighted by Gasteiger charge is 2.41. The number of hydrogen-bond donors (Lipinski definition) is 3. The van der Waals surface area contributed by atoms with Crippen molar-refractivity contribution < 1.29 is 4.79 Å². The topological polar surface area (TPSA) is 110 Å². The van der Waals surface area contributed by atoms with E-state index in [1.165, 1.54) is 0 Å². The number of aromatic nitrogens is 2. The molecular formula is C21H24N6O. The Balaban J connectivity index is 1.40. The van der Waals surface area contributed by atoms with Crippen LogP contribution in [0.2, 0.25) is 0 Å². The van der Waals surface area contributed by atoms with Gasteiger partial charge in [-0.3, -0.25) is 9.78 Å². The van der Waals surface area contributed by atoms with Gasteiger partial charge in [-0.1, -0.05) is 12.2 Å². The molecule has 7 heteroatoms. The van der Waals surface area contributed by atoms with E-state index in [0.29, 0.717) is 29.4 Å². The minimum absolute atomic E-state index is 0.293. The van der Waals surface area contributed by atoms with Crippen LogP contribution >= 0.6 is 0 Å².